The number of aliphatic imine (C=N–C) groups is 1. The molecule has 0 atom stereocenters. The van der Waals surface area contributed by atoms with Gasteiger partial charge in [0.2, 0.25) is 0 Å². The summed E-state index contributed by atoms with van der Waals surface area (Å²) in [5.41, 5.74) is 1.94. The van der Waals surface area contributed by atoms with Gasteiger partial charge in [0.1, 0.15) is 0 Å². The normalized spacial score (nSPS) is 16.5. The van der Waals surface area contributed by atoms with E-state index in [-0.39, 0.29) is 11.5 Å². The molecule has 0 aliphatic carbocycles. The van der Waals surface area contributed by atoms with Gasteiger partial charge < -0.3 is 9.84 Å². The molecule has 1 aliphatic heterocycles. The number of amidine groups is 1. The van der Waals surface area contributed by atoms with Crippen molar-refractivity contribution in [2.75, 3.05) is 13.7 Å². The first-order valence-electron chi connectivity index (χ1n) is 8.74. The Morgan fingerprint density at radius 3 is 2.28 bits per heavy atom. The van der Waals surface area contributed by atoms with E-state index in [1.54, 1.807) is 47.4 Å². The van der Waals surface area contributed by atoms with E-state index in [1.807, 2.05) is 6.92 Å². The molecule has 1 heterocycles. The van der Waals surface area contributed by atoms with Crippen molar-refractivity contribution in [1.82, 2.24) is 4.90 Å². The molecule has 0 unspecified atom stereocenters. The van der Waals surface area contributed by atoms with Gasteiger partial charge in [-0.25, -0.2) is 14.6 Å². The van der Waals surface area contributed by atoms with E-state index < -0.39 is 11.9 Å². The number of hydrogen-bond donors (Lipinski definition) is 1. The van der Waals surface area contributed by atoms with Crippen LogP contribution in [0.25, 0.3) is 6.08 Å². The van der Waals surface area contributed by atoms with Gasteiger partial charge in [-0.2, -0.15) is 0 Å². The summed E-state index contributed by atoms with van der Waals surface area (Å²) in [5.74, 6) is -1.59. The summed E-state index contributed by atoms with van der Waals surface area (Å²) in [5, 5.41) is 9.52. The molecule has 0 aromatic heterocycles. The van der Waals surface area contributed by atoms with Gasteiger partial charge >= 0.3 is 11.9 Å². The summed E-state index contributed by atoms with van der Waals surface area (Å²) in [6, 6.07) is 12.9. The van der Waals surface area contributed by atoms with Crippen LogP contribution in [0.2, 0.25) is 0 Å². The van der Waals surface area contributed by atoms with Crippen LogP contribution in [-0.4, -0.2) is 46.7 Å². The van der Waals surface area contributed by atoms with Crippen LogP contribution in [0, 0.1) is 0 Å². The van der Waals surface area contributed by atoms with Crippen LogP contribution < -0.4 is 0 Å². The first-order valence-corrected chi connectivity index (χ1v) is 9.56. The third kappa shape index (κ3) is 4.55. The van der Waals surface area contributed by atoms with Crippen molar-refractivity contribution in [2.45, 2.75) is 6.92 Å². The van der Waals surface area contributed by atoms with Crippen molar-refractivity contribution in [3.8, 4) is 0 Å². The highest BCUT2D eigenvalue weighted by Gasteiger charge is 2.32. The van der Waals surface area contributed by atoms with Crippen molar-refractivity contribution in [3.63, 3.8) is 0 Å². The third-order valence-electron chi connectivity index (χ3n) is 4.17. The molecule has 2 aromatic carbocycles. The summed E-state index contributed by atoms with van der Waals surface area (Å²) in [4.78, 5) is 41.8. The molecular formula is C21H18N2O5S. The number of carboxylic acid groups (broad SMARTS) is 1. The van der Waals surface area contributed by atoms with Crippen molar-refractivity contribution in [1.29, 1.82) is 0 Å². The number of amides is 1. The lowest BCUT2D eigenvalue weighted by Crippen LogP contribution is -2.28. The number of carbonyl (C=O) groups is 3. The van der Waals surface area contributed by atoms with Crippen molar-refractivity contribution < 1.29 is 24.2 Å². The molecular weight excluding hydrogens is 392 g/mol. The van der Waals surface area contributed by atoms with Crippen LogP contribution in [0.5, 0.6) is 0 Å². The Morgan fingerprint density at radius 1 is 1.10 bits per heavy atom. The second kappa shape index (κ2) is 8.74. The number of methoxy groups -OCH3 is 1. The lowest BCUT2D eigenvalue weighted by molar-refractivity contribution is -0.122. The molecule has 7 nitrogen and oxygen atoms in total. The van der Waals surface area contributed by atoms with Crippen LogP contribution in [0.4, 0.5) is 5.69 Å². The second-order valence-electron chi connectivity index (χ2n) is 6.02. The molecule has 148 valence electrons. The van der Waals surface area contributed by atoms with Crippen molar-refractivity contribution >= 4 is 46.5 Å². The summed E-state index contributed by atoms with van der Waals surface area (Å²) >= 11 is 1.25. The molecule has 0 saturated carbocycles. The number of likely N-dealkylation sites (N-methyl/N-ethyl adjacent to an activating group) is 1. The number of rotatable bonds is 5. The first-order chi connectivity index (χ1) is 13.9. The molecule has 1 fully saturated rings. The van der Waals surface area contributed by atoms with Crippen LogP contribution >= 0.6 is 11.8 Å². The predicted octanol–water partition coefficient (Wildman–Crippen LogP) is 3.80. The van der Waals surface area contributed by atoms with E-state index in [1.165, 1.54) is 31.0 Å². The standard InChI is InChI=1S/C21H18N2O5S/c1-3-23-18(24)17(12-13-4-6-14(7-5-13)19(25)26)29-21(23)22-16-10-8-15(9-11-16)20(27)28-2/h4-12H,3H2,1-2H3,(H,25,26). The van der Waals surface area contributed by atoms with Crippen LogP contribution in [0.1, 0.15) is 33.2 Å². The van der Waals surface area contributed by atoms with Crippen LogP contribution in [0.3, 0.4) is 0 Å². The molecule has 1 aliphatic rings. The van der Waals surface area contributed by atoms with Crippen molar-refractivity contribution in [2.24, 2.45) is 4.99 Å². The summed E-state index contributed by atoms with van der Waals surface area (Å²) in [6.45, 7) is 2.32. The van der Waals surface area contributed by atoms with Crippen LogP contribution in [-0.2, 0) is 9.53 Å². The maximum atomic E-state index is 12.7. The number of carboxylic acids is 1. The Bertz CT molecular complexity index is 1010. The number of benzene rings is 2. The Morgan fingerprint density at radius 2 is 1.72 bits per heavy atom. The van der Waals surface area contributed by atoms with Gasteiger partial charge in [0.15, 0.2) is 5.17 Å². The number of aromatic carboxylic acids is 1. The van der Waals surface area contributed by atoms with Gasteiger partial charge in [0.05, 0.1) is 28.8 Å². The molecule has 1 saturated heterocycles. The molecule has 0 spiro atoms. The zero-order chi connectivity index (χ0) is 21.0. The lowest BCUT2D eigenvalue weighted by Gasteiger charge is -2.12. The minimum Gasteiger partial charge on any atom is -0.478 e. The maximum absolute atomic E-state index is 12.7. The quantitative estimate of drug-likeness (QED) is 0.595. The van der Waals surface area contributed by atoms with Crippen molar-refractivity contribution in [3.05, 3.63) is 70.1 Å². The molecule has 29 heavy (non-hydrogen) atoms. The van der Waals surface area contributed by atoms with E-state index >= 15 is 0 Å². The molecule has 0 radical (unpaired) electrons. The monoisotopic (exact) mass is 410 g/mol. The lowest BCUT2D eigenvalue weighted by atomic mass is 10.1. The number of hydrogen-bond acceptors (Lipinski definition) is 6. The molecule has 1 amide bonds. The summed E-state index contributed by atoms with van der Waals surface area (Å²) in [6.07, 6.45) is 1.71. The first kappa shape index (κ1) is 20.3. The van der Waals surface area contributed by atoms with Gasteiger partial charge in [0.25, 0.3) is 5.91 Å². The van der Waals surface area contributed by atoms with Gasteiger partial charge in [-0.3, -0.25) is 9.69 Å². The number of thioether (sulfide) groups is 1. The molecule has 0 bridgehead atoms. The SMILES string of the molecule is CCN1C(=O)C(=Cc2ccc(C(=O)O)cc2)SC1=Nc1ccc(C(=O)OC)cc1. The highest BCUT2D eigenvalue weighted by atomic mass is 32.2. The second-order valence-corrected chi connectivity index (χ2v) is 7.03. The summed E-state index contributed by atoms with van der Waals surface area (Å²) < 4.78 is 4.68. The number of ether oxygens (including phenoxy) is 1. The van der Waals surface area contributed by atoms with Crippen LogP contribution in [0.15, 0.2) is 58.4 Å². The van der Waals surface area contributed by atoms with Gasteiger partial charge in [-0.1, -0.05) is 12.1 Å². The van der Waals surface area contributed by atoms with Gasteiger partial charge in [-0.15, -0.1) is 0 Å². The van der Waals surface area contributed by atoms with E-state index in [0.717, 1.165) is 5.56 Å². The Labute approximate surface area is 171 Å². The number of carbonyl (C=O) groups excluding carboxylic acids is 2. The smallest absolute Gasteiger partial charge is 0.337 e. The largest absolute Gasteiger partial charge is 0.478 e. The zero-order valence-corrected chi connectivity index (χ0v) is 16.6. The van der Waals surface area contributed by atoms with Gasteiger partial charge in [0, 0.05) is 6.54 Å². The van der Waals surface area contributed by atoms with Gasteiger partial charge in [-0.05, 0) is 66.7 Å². The Kier molecular flexibility index (Phi) is 6.13. The number of nitrogens with zero attached hydrogens (tertiary/aromatic N) is 2. The fraction of sp³-hybridized carbons (Fsp3) is 0.143. The predicted molar refractivity (Wildman–Crippen MR) is 111 cm³/mol. The molecule has 2 aromatic rings. The Balaban J connectivity index is 1.85. The average molecular weight is 410 g/mol. The van der Waals surface area contributed by atoms with E-state index in [4.69, 9.17) is 5.11 Å². The molecule has 3 rings (SSSR count). The fourth-order valence-corrected chi connectivity index (χ4v) is 3.71. The van der Waals surface area contributed by atoms with E-state index in [9.17, 15) is 14.4 Å². The topological polar surface area (TPSA) is 96.3 Å². The number of esters is 1. The highest BCUT2D eigenvalue weighted by Crippen LogP contribution is 2.34. The van der Waals surface area contributed by atoms with E-state index in [0.29, 0.717) is 27.9 Å². The minimum absolute atomic E-state index is 0.162. The molecule has 1 N–H and O–H groups in total. The summed E-state index contributed by atoms with van der Waals surface area (Å²) in [7, 11) is 1.32. The van der Waals surface area contributed by atoms with E-state index in [2.05, 4.69) is 9.73 Å². The highest BCUT2D eigenvalue weighted by molar-refractivity contribution is 8.18. The zero-order valence-electron chi connectivity index (χ0n) is 15.8. The maximum Gasteiger partial charge on any atom is 0.337 e. The average Bonchev–Trinajstić information content (AvgIpc) is 3.02. The minimum atomic E-state index is -1.000. The third-order valence-corrected chi connectivity index (χ3v) is 5.18. The fourth-order valence-electron chi connectivity index (χ4n) is 2.64. The molecule has 8 heteroatoms. The Hall–Kier alpha value is -3.39.